The summed E-state index contributed by atoms with van der Waals surface area (Å²) in [6.07, 6.45) is 8.38. The fraction of sp³-hybridized carbons (Fsp3) is 0.609. The topological polar surface area (TPSA) is 113 Å². The number of nitriles is 1. The number of anilines is 2. The van der Waals surface area contributed by atoms with Crippen LogP contribution in [0.25, 0.3) is 11.0 Å². The molecule has 4 fully saturated rings. The predicted molar refractivity (Wildman–Crippen MR) is 124 cm³/mol. The molecule has 2 atom stereocenters. The molecule has 0 radical (unpaired) electrons. The second kappa shape index (κ2) is 7.43. The van der Waals surface area contributed by atoms with Crippen molar-refractivity contribution in [2.75, 3.05) is 28.6 Å². The van der Waals surface area contributed by atoms with Crippen LogP contribution in [0.5, 0.6) is 0 Å². The molecule has 174 valence electrons. The monoisotopic (exact) mass is 468 g/mol. The third-order valence-corrected chi connectivity index (χ3v) is 10.0. The summed E-state index contributed by atoms with van der Waals surface area (Å²) in [5, 5.41) is 10.1. The first-order chi connectivity index (χ1) is 15.9. The van der Waals surface area contributed by atoms with Crippen LogP contribution in [0.3, 0.4) is 0 Å². The first-order valence-electron chi connectivity index (χ1n) is 11.8. The molecule has 2 saturated heterocycles. The molecule has 2 aliphatic carbocycles. The Morgan fingerprint density at radius 1 is 1.24 bits per heavy atom. The number of carbonyl (C=O) groups is 1. The molecule has 2 aromatic rings. The van der Waals surface area contributed by atoms with E-state index in [2.05, 4.69) is 20.9 Å². The Labute approximate surface area is 193 Å². The number of aromatic nitrogens is 2. The number of fused-ring (bicyclic) bond motifs is 3. The number of amides is 1. The van der Waals surface area contributed by atoms with Gasteiger partial charge in [0.1, 0.15) is 11.5 Å². The first kappa shape index (κ1) is 20.9. The van der Waals surface area contributed by atoms with Crippen molar-refractivity contribution in [1.82, 2.24) is 14.3 Å². The summed E-state index contributed by atoms with van der Waals surface area (Å²) < 4.78 is 28.5. The van der Waals surface area contributed by atoms with E-state index < -0.39 is 10.0 Å². The Morgan fingerprint density at radius 2 is 1.97 bits per heavy atom. The van der Waals surface area contributed by atoms with Crippen LogP contribution in [0, 0.1) is 16.7 Å². The quantitative estimate of drug-likeness (QED) is 0.595. The molecule has 10 heteroatoms. The minimum absolute atomic E-state index is 0.0668. The van der Waals surface area contributed by atoms with Gasteiger partial charge in [0.05, 0.1) is 17.5 Å². The molecule has 2 unspecified atom stereocenters. The first-order valence-corrected chi connectivity index (χ1v) is 13.4. The van der Waals surface area contributed by atoms with Gasteiger partial charge in [0.25, 0.3) is 0 Å². The Bertz CT molecular complexity index is 1230. The summed E-state index contributed by atoms with van der Waals surface area (Å²) >= 11 is 0. The van der Waals surface area contributed by atoms with Gasteiger partial charge in [-0.1, -0.05) is 0 Å². The predicted octanol–water partition coefficient (Wildman–Crippen LogP) is 2.36. The SMILES string of the molecule is N#CCC1(CS(=O)(=O)N2C3CCC2CN(c2cc(N(C=O)C4CC4)nc4[nH]ccc24)C3)CC1. The average Bonchev–Trinajstić information content (AvgIpc) is 3.68. The fourth-order valence-corrected chi connectivity index (χ4v) is 8.34. The third-order valence-electron chi connectivity index (χ3n) is 7.79. The maximum Gasteiger partial charge on any atom is 0.215 e. The molecule has 1 N–H and O–H groups in total. The molecule has 4 heterocycles. The van der Waals surface area contributed by atoms with Crippen molar-refractivity contribution in [3.63, 3.8) is 0 Å². The zero-order chi connectivity index (χ0) is 22.8. The van der Waals surface area contributed by atoms with E-state index >= 15 is 0 Å². The Morgan fingerprint density at radius 3 is 2.58 bits per heavy atom. The van der Waals surface area contributed by atoms with Crippen LogP contribution in [0.2, 0.25) is 0 Å². The lowest BCUT2D eigenvalue weighted by molar-refractivity contribution is -0.107. The zero-order valence-electron chi connectivity index (χ0n) is 18.5. The van der Waals surface area contributed by atoms with E-state index in [0.717, 1.165) is 61.7 Å². The summed E-state index contributed by atoms with van der Waals surface area (Å²) in [6.45, 7) is 1.24. The number of piperazine rings is 1. The molecule has 6 rings (SSSR count). The van der Waals surface area contributed by atoms with Crippen LogP contribution in [0.1, 0.15) is 44.9 Å². The second-order valence-electron chi connectivity index (χ2n) is 10.2. The van der Waals surface area contributed by atoms with Crippen LogP contribution >= 0.6 is 0 Å². The van der Waals surface area contributed by atoms with Gasteiger partial charge < -0.3 is 9.88 Å². The highest BCUT2D eigenvalue weighted by Crippen LogP contribution is 2.51. The summed E-state index contributed by atoms with van der Waals surface area (Å²) in [5.41, 5.74) is 1.41. The minimum atomic E-state index is -3.42. The number of aromatic amines is 1. The lowest BCUT2D eigenvalue weighted by Gasteiger charge is -2.42. The molecule has 2 bridgehead atoms. The molecule has 2 aromatic heterocycles. The van der Waals surface area contributed by atoms with Gasteiger partial charge in [0.15, 0.2) is 0 Å². The standard InChI is InChI=1S/C23H28N6O3S/c24-9-8-23(6-7-23)14-33(31,32)29-17-3-4-18(29)13-27(12-17)20-11-21(28(15-30)16-1-2-16)26-22-19(20)5-10-25-22/h5,10-11,15-18H,1-4,6-8,12-14H2,(H,25,26). The third kappa shape index (κ3) is 3.58. The van der Waals surface area contributed by atoms with E-state index in [0.29, 0.717) is 25.3 Å². The van der Waals surface area contributed by atoms with E-state index in [4.69, 9.17) is 5.26 Å². The maximum absolute atomic E-state index is 13.4. The van der Waals surface area contributed by atoms with Crippen molar-refractivity contribution in [2.45, 2.75) is 63.1 Å². The molecular weight excluding hydrogens is 440 g/mol. The molecule has 2 aliphatic heterocycles. The summed E-state index contributed by atoms with van der Waals surface area (Å²) in [4.78, 5) is 23.6. The van der Waals surface area contributed by atoms with E-state index in [-0.39, 0.29) is 29.3 Å². The van der Waals surface area contributed by atoms with Crippen LogP contribution in [0.4, 0.5) is 11.5 Å². The van der Waals surface area contributed by atoms with Gasteiger partial charge >= 0.3 is 0 Å². The lowest BCUT2D eigenvalue weighted by atomic mass is 10.1. The van der Waals surface area contributed by atoms with Crippen molar-refractivity contribution in [1.29, 1.82) is 5.26 Å². The smallest absolute Gasteiger partial charge is 0.215 e. The Kier molecular flexibility index (Phi) is 4.72. The molecule has 1 amide bonds. The number of sulfonamides is 1. The Hall–Kier alpha value is -2.64. The number of carbonyl (C=O) groups excluding carboxylic acids is 1. The van der Waals surface area contributed by atoms with Gasteiger partial charge in [-0.15, -0.1) is 0 Å². The van der Waals surface area contributed by atoms with Crippen molar-refractivity contribution < 1.29 is 13.2 Å². The molecular formula is C23H28N6O3S. The normalized spacial score (nSPS) is 26.3. The van der Waals surface area contributed by atoms with Gasteiger partial charge in [-0.25, -0.2) is 13.4 Å². The van der Waals surface area contributed by atoms with Gasteiger partial charge in [0.2, 0.25) is 16.4 Å². The van der Waals surface area contributed by atoms with Crippen molar-refractivity contribution in [3.8, 4) is 6.07 Å². The van der Waals surface area contributed by atoms with E-state index in [1.54, 1.807) is 9.21 Å². The number of H-pyrrole nitrogens is 1. The fourth-order valence-electron chi connectivity index (χ4n) is 5.77. The van der Waals surface area contributed by atoms with Gasteiger partial charge in [-0.05, 0) is 50.0 Å². The van der Waals surface area contributed by atoms with Crippen molar-refractivity contribution >= 4 is 39.0 Å². The number of hydrogen-bond donors (Lipinski definition) is 1. The van der Waals surface area contributed by atoms with E-state index in [1.165, 1.54) is 0 Å². The van der Waals surface area contributed by atoms with Crippen molar-refractivity contribution in [3.05, 3.63) is 18.3 Å². The lowest BCUT2D eigenvalue weighted by Crippen LogP contribution is -2.56. The van der Waals surface area contributed by atoms with Crippen molar-refractivity contribution in [2.24, 2.45) is 5.41 Å². The molecule has 2 saturated carbocycles. The number of pyridine rings is 1. The van der Waals surface area contributed by atoms with Crippen LogP contribution in [-0.2, 0) is 14.8 Å². The summed E-state index contributed by atoms with van der Waals surface area (Å²) in [6, 6.07) is 6.24. The van der Waals surface area contributed by atoms with Crippen LogP contribution in [0.15, 0.2) is 18.3 Å². The highest BCUT2D eigenvalue weighted by molar-refractivity contribution is 7.89. The number of rotatable bonds is 8. The van der Waals surface area contributed by atoms with Crippen LogP contribution in [-0.4, -0.2) is 66.1 Å². The summed E-state index contributed by atoms with van der Waals surface area (Å²) in [7, 11) is -3.42. The van der Waals surface area contributed by atoms with Crippen LogP contribution < -0.4 is 9.80 Å². The second-order valence-corrected chi connectivity index (χ2v) is 12.1. The number of nitrogens with zero attached hydrogens (tertiary/aromatic N) is 5. The molecule has 33 heavy (non-hydrogen) atoms. The average molecular weight is 469 g/mol. The van der Waals surface area contributed by atoms with Gasteiger partial charge in [-0.3, -0.25) is 9.69 Å². The highest BCUT2D eigenvalue weighted by atomic mass is 32.2. The van der Waals surface area contributed by atoms with E-state index in [1.807, 2.05) is 18.3 Å². The molecule has 4 aliphatic rings. The highest BCUT2D eigenvalue weighted by Gasteiger charge is 2.52. The maximum atomic E-state index is 13.4. The van der Waals surface area contributed by atoms with Gasteiger partial charge in [-0.2, -0.15) is 9.57 Å². The molecule has 0 aromatic carbocycles. The van der Waals surface area contributed by atoms with E-state index in [9.17, 15) is 13.2 Å². The number of nitrogens with one attached hydrogen (secondary N) is 1. The molecule has 0 spiro atoms. The number of hydrogen-bond acceptors (Lipinski definition) is 6. The van der Waals surface area contributed by atoms with Gasteiger partial charge in [0, 0.05) is 55.3 Å². The Balaban J connectivity index is 1.29. The molecule has 9 nitrogen and oxygen atoms in total. The minimum Gasteiger partial charge on any atom is -0.368 e. The summed E-state index contributed by atoms with van der Waals surface area (Å²) in [5.74, 6) is 0.740. The zero-order valence-corrected chi connectivity index (χ0v) is 19.3. The largest absolute Gasteiger partial charge is 0.368 e.